The standard InChI is InChI=1S/C9H16N4/c1-4-7(2)13-9-5-8(10-3)11-6-12-9/h5-7H,4H2,1-3H3,(H2,10,11,12,13)/t7-/m1/s1. The molecule has 0 amide bonds. The quantitative estimate of drug-likeness (QED) is 0.741. The topological polar surface area (TPSA) is 49.8 Å². The van der Waals surface area contributed by atoms with Crippen LogP contribution in [0.4, 0.5) is 11.6 Å². The highest BCUT2D eigenvalue weighted by Gasteiger charge is 2.00. The third-order valence-corrected chi connectivity index (χ3v) is 1.93. The first-order valence-corrected chi connectivity index (χ1v) is 4.52. The summed E-state index contributed by atoms with van der Waals surface area (Å²) in [4.78, 5) is 8.14. The van der Waals surface area contributed by atoms with Crippen molar-refractivity contribution >= 4 is 11.6 Å². The molecule has 1 rings (SSSR count). The highest BCUT2D eigenvalue weighted by Crippen LogP contribution is 2.09. The van der Waals surface area contributed by atoms with Crippen LogP contribution in [0.5, 0.6) is 0 Å². The highest BCUT2D eigenvalue weighted by atomic mass is 15.1. The van der Waals surface area contributed by atoms with Crippen LogP contribution in [0.25, 0.3) is 0 Å². The average molecular weight is 180 g/mol. The maximum atomic E-state index is 4.11. The summed E-state index contributed by atoms with van der Waals surface area (Å²) in [6.07, 6.45) is 2.63. The molecule has 0 aliphatic carbocycles. The molecule has 4 nitrogen and oxygen atoms in total. The Hall–Kier alpha value is -1.32. The van der Waals surface area contributed by atoms with Gasteiger partial charge in [0.2, 0.25) is 0 Å². The molecule has 0 saturated heterocycles. The van der Waals surface area contributed by atoms with E-state index in [-0.39, 0.29) is 0 Å². The Kier molecular flexibility index (Phi) is 3.49. The molecular formula is C9H16N4. The van der Waals surface area contributed by atoms with E-state index in [0.717, 1.165) is 18.1 Å². The van der Waals surface area contributed by atoms with Gasteiger partial charge in [0.05, 0.1) is 0 Å². The van der Waals surface area contributed by atoms with E-state index in [0.29, 0.717) is 6.04 Å². The minimum absolute atomic E-state index is 0.444. The summed E-state index contributed by atoms with van der Waals surface area (Å²) in [5.74, 6) is 1.70. The molecule has 4 heteroatoms. The fourth-order valence-electron chi connectivity index (χ4n) is 0.927. The molecule has 72 valence electrons. The number of aromatic nitrogens is 2. The Morgan fingerprint density at radius 3 is 2.69 bits per heavy atom. The van der Waals surface area contributed by atoms with Crippen molar-refractivity contribution in [3.05, 3.63) is 12.4 Å². The number of hydrogen-bond acceptors (Lipinski definition) is 4. The minimum atomic E-state index is 0.444. The van der Waals surface area contributed by atoms with Gasteiger partial charge in [-0.2, -0.15) is 0 Å². The van der Waals surface area contributed by atoms with Gasteiger partial charge in [-0.1, -0.05) is 6.92 Å². The molecule has 0 bridgehead atoms. The lowest BCUT2D eigenvalue weighted by Gasteiger charge is -2.11. The monoisotopic (exact) mass is 180 g/mol. The third-order valence-electron chi connectivity index (χ3n) is 1.93. The lowest BCUT2D eigenvalue weighted by Crippen LogP contribution is -2.14. The van der Waals surface area contributed by atoms with Crippen molar-refractivity contribution in [1.82, 2.24) is 9.97 Å². The Balaban J connectivity index is 2.66. The Morgan fingerprint density at radius 2 is 2.08 bits per heavy atom. The van der Waals surface area contributed by atoms with E-state index in [1.54, 1.807) is 6.33 Å². The molecule has 1 aromatic rings. The van der Waals surface area contributed by atoms with Crippen LogP contribution in [0.3, 0.4) is 0 Å². The van der Waals surface area contributed by atoms with E-state index < -0.39 is 0 Å². The number of nitrogens with one attached hydrogen (secondary N) is 2. The van der Waals surface area contributed by atoms with Gasteiger partial charge in [-0.3, -0.25) is 0 Å². The second-order valence-electron chi connectivity index (χ2n) is 2.99. The van der Waals surface area contributed by atoms with Crippen molar-refractivity contribution in [2.75, 3.05) is 17.7 Å². The molecule has 13 heavy (non-hydrogen) atoms. The molecule has 0 fully saturated rings. The first kappa shape index (κ1) is 9.77. The third kappa shape index (κ3) is 2.89. The zero-order chi connectivity index (χ0) is 9.68. The van der Waals surface area contributed by atoms with Crippen LogP contribution in [0.15, 0.2) is 12.4 Å². The predicted octanol–water partition coefficient (Wildman–Crippen LogP) is 1.73. The SMILES string of the molecule is CC[C@@H](C)Nc1cc(NC)ncn1. The maximum Gasteiger partial charge on any atom is 0.131 e. The van der Waals surface area contributed by atoms with E-state index in [4.69, 9.17) is 0 Å². The van der Waals surface area contributed by atoms with Crippen LogP contribution in [0.2, 0.25) is 0 Å². The summed E-state index contributed by atoms with van der Waals surface area (Å²) in [5, 5.41) is 6.24. The van der Waals surface area contributed by atoms with Gasteiger partial charge in [0, 0.05) is 19.2 Å². The van der Waals surface area contributed by atoms with Crippen molar-refractivity contribution in [3.8, 4) is 0 Å². The molecule has 0 aliphatic heterocycles. The van der Waals surface area contributed by atoms with Gasteiger partial charge in [0.15, 0.2) is 0 Å². The van der Waals surface area contributed by atoms with Crippen LogP contribution >= 0.6 is 0 Å². The van der Waals surface area contributed by atoms with Crippen molar-refractivity contribution in [1.29, 1.82) is 0 Å². The van der Waals surface area contributed by atoms with Crippen molar-refractivity contribution in [2.24, 2.45) is 0 Å². The predicted molar refractivity (Wildman–Crippen MR) is 55.0 cm³/mol. The van der Waals surface area contributed by atoms with Gasteiger partial charge in [0.25, 0.3) is 0 Å². The van der Waals surface area contributed by atoms with Gasteiger partial charge < -0.3 is 10.6 Å². The zero-order valence-electron chi connectivity index (χ0n) is 8.33. The first-order valence-electron chi connectivity index (χ1n) is 4.52. The largest absolute Gasteiger partial charge is 0.373 e. The fraction of sp³-hybridized carbons (Fsp3) is 0.556. The second-order valence-corrected chi connectivity index (χ2v) is 2.99. The molecule has 1 aromatic heterocycles. The van der Waals surface area contributed by atoms with Crippen LogP contribution in [-0.2, 0) is 0 Å². The number of hydrogen-bond donors (Lipinski definition) is 2. The highest BCUT2D eigenvalue weighted by molar-refractivity contribution is 5.46. The smallest absolute Gasteiger partial charge is 0.131 e. The van der Waals surface area contributed by atoms with E-state index in [1.807, 2.05) is 13.1 Å². The summed E-state index contributed by atoms with van der Waals surface area (Å²) >= 11 is 0. The van der Waals surface area contributed by atoms with E-state index in [2.05, 4.69) is 34.4 Å². The summed E-state index contributed by atoms with van der Waals surface area (Å²) in [5.41, 5.74) is 0. The normalized spacial score (nSPS) is 12.2. The minimum Gasteiger partial charge on any atom is -0.373 e. The van der Waals surface area contributed by atoms with Gasteiger partial charge in [-0.05, 0) is 13.3 Å². The van der Waals surface area contributed by atoms with Gasteiger partial charge in [-0.25, -0.2) is 9.97 Å². The molecule has 0 aliphatic rings. The molecule has 0 aromatic carbocycles. The van der Waals surface area contributed by atoms with Crippen molar-refractivity contribution in [2.45, 2.75) is 26.3 Å². The second kappa shape index (κ2) is 4.64. The summed E-state index contributed by atoms with van der Waals surface area (Å²) in [6.45, 7) is 4.26. The number of nitrogens with zero attached hydrogens (tertiary/aromatic N) is 2. The number of anilines is 2. The zero-order valence-corrected chi connectivity index (χ0v) is 8.33. The van der Waals surface area contributed by atoms with Crippen LogP contribution < -0.4 is 10.6 Å². The molecule has 2 N–H and O–H groups in total. The van der Waals surface area contributed by atoms with E-state index in [9.17, 15) is 0 Å². The van der Waals surface area contributed by atoms with Gasteiger partial charge in [0.1, 0.15) is 18.0 Å². The van der Waals surface area contributed by atoms with E-state index in [1.165, 1.54) is 0 Å². The van der Waals surface area contributed by atoms with Gasteiger partial charge in [-0.15, -0.1) is 0 Å². The molecule has 0 saturated carbocycles. The maximum absolute atomic E-state index is 4.11. The lowest BCUT2D eigenvalue weighted by molar-refractivity contribution is 0.758. The Bertz CT molecular complexity index is 262. The molecule has 0 spiro atoms. The summed E-state index contributed by atoms with van der Waals surface area (Å²) in [6, 6.07) is 2.34. The van der Waals surface area contributed by atoms with Crippen LogP contribution in [0, 0.1) is 0 Å². The number of rotatable bonds is 4. The fourth-order valence-corrected chi connectivity index (χ4v) is 0.927. The van der Waals surface area contributed by atoms with Gasteiger partial charge >= 0.3 is 0 Å². The van der Waals surface area contributed by atoms with Crippen LogP contribution in [0.1, 0.15) is 20.3 Å². The summed E-state index contributed by atoms with van der Waals surface area (Å²) in [7, 11) is 1.84. The molecule has 0 radical (unpaired) electrons. The summed E-state index contributed by atoms with van der Waals surface area (Å²) < 4.78 is 0. The molecule has 1 heterocycles. The molecule has 1 atom stereocenters. The van der Waals surface area contributed by atoms with Crippen LogP contribution in [-0.4, -0.2) is 23.1 Å². The molecule has 0 unspecified atom stereocenters. The Labute approximate surface area is 78.8 Å². The molecular weight excluding hydrogens is 164 g/mol. The lowest BCUT2D eigenvalue weighted by atomic mass is 10.2. The average Bonchev–Trinajstić information content (AvgIpc) is 2.18. The van der Waals surface area contributed by atoms with Crippen molar-refractivity contribution in [3.63, 3.8) is 0 Å². The first-order chi connectivity index (χ1) is 6.26. The Morgan fingerprint density at radius 1 is 1.38 bits per heavy atom. The van der Waals surface area contributed by atoms with E-state index >= 15 is 0 Å². The van der Waals surface area contributed by atoms with Crippen molar-refractivity contribution < 1.29 is 0 Å².